The molecule has 1 heterocycles. The monoisotopic (exact) mass is 415 g/mol. The molecule has 25 heavy (non-hydrogen) atoms. The molecule has 6 heteroatoms. The molecule has 0 aliphatic heterocycles. The van der Waals surface area contributed by atoms with Gasteiger partial charge < -0.3 is 10.1 Å². The zero-order valence-electron chi connectivity index (χ0n) is 13.1. The van der Waals surface area contributed by atoms with Crippen molar-refractivity contribution in [2.75, 3.05) is 5.32 Å². The quantitative estimate of drug-likeness (QED) is 0.475. The predicted molar refractivity (Wildman–Crippen MR) is 102 cm³/mol. The van der Waals surface area contributed by atoms with E-state index in [0.29, 0.717) is 16.3 Å². The van der Waals surface area contributed by atoms with Gasteiger partial charge in [0.2, 0.25) is 0 Å². The van der Waals surface area contributed by atoms with E-state index in [1.54, 1.807) is 30.3 Å². The van der Waals surface area contributed by atoms with Gasteiger partial charge in [0.15, 0.2) is 0 Å². The third-order valence-electron chi connectivity index (χ3n) is 3.35. The van der Waals surface area contributed by atoms with Crippen LogP contribution in [0.4, 0.5) is 5.69 Å². The van der Waals surface area contributed by atoms with Crippen molar-refractivity contribution in [3.63, 3.8) is 0 Å². The Balaban J connectivity index is 1.56. The molecule has 2 aromatic carbocycles. The Morgan fingerprint density at radius 1 is 1.00 bits per heavy atom. The number of benzene rings is 2. The first-order valence-corrected chi connectivity index (χ1v) is 9.17. The molecule has 0 radical (unpaired) electrons. The van der Waals surface area contributed by atoms with E-state index >= 15 is 0 Å². The maximum Gasteiger partial charge on any atom is 0.315 e. The van der Waals surface area contributed by atoms with Gasteiger partial charge in [-0.05, 0) is 53.4 Å². The van der Waals surface area contributed by atoms with E-state index in [2.05, 4.69) is 21.2 Å². The number of hydrogen-bond donors (Lipinski definition) is 1. The van der Waals surface area contributed by atoms with E-state index in [1.165, 1.54) is 11.3 Å². The van der Waals surface area contributed by atoms with E-state index in [4.69, 9.17) is 4.74 Å². The molecule has 0 aliphatic rings. The van der Waals surface area contributed by atoms with Crippen molar-refractivity contribution in [3.05, 3.63) is 81.0 Å². The van der Waals surface area contributed by atoms with Crippen LogP contribution in [0.25, 0.3) is 0 Å². The van der Waals surface area contributed by atoms with Crippen molar-refractivity contribution >= 4 is 44.8 Å². The predicted octanol–water partition coefficient (Wildman–Crippen LogP) is 4.91. The molecule has 0 saturated heterocycles. The number of ether oxygens (including phenoxy) is 1. The number of halogens is 1. The van der Waals surface area contributed by atoms with Crippen LogP contribution < -0.4 is 10.1 Å². The Labute approximate surface area is 157 Å². The molecular weight excluding hydrogens is 402 g/mol. The fourth-order valence-electron chi connectivity index (χ4n) is 2.14. The van der Waals surface area contributed by atoms with Crippen LogP contribution in [0.1, 0.15) is 15.2 Å². The summed E-state index contributed by atoms with van der Waals surface area (Å²) in [4.78, 5) is 24.6. The molecule has 1 amide bonds. The Morgan fingerprint density at radius 2 is 1.72 bits per heavy atom. The van der Waals surface area contributed by atoms with Gasteiger partial charge in [0.1, 0.15) is 5.75 Å². The normalized spacial score (nSPS) is 10.3. The Morgan fingerprint density at radius 3 is 2.36 bits per heavy atom. The van der Waals surface area contributed by atoms with Gasteiger partial charge in [-0.1, -0.05) is 34.1 Å². The largest absolute Gasteiger partial charge is 0.426 e. The summed E-state index contributed by atoms with van der Waals surface area (Å²) >= 11 is 4.74. The highest BCUT2D eigenvalue weighted by molar-refractivity contribution is 9.10. The minimum absolute atomic E-state index is 0.157. The number of nitrogens with one attached hydrogen (secondary N) is 1. The maximum atomic E-state index is 12.0. The highest BCUT2D eigenvalue weighted by atomic mass is 79.9. The number of carbonyl (C=O) groups is 2. The summed E-state index contributed by atoms with van der Waals surface area (Å²) in [5, 5.41) is 4.65. The highest BCUT2D eigenvalue weighted by Gasteiger charge is 2.09. The highest BCUT2D eigenvalue weighted by Crippen LogP contribution is 2.18. The number of hydrogen-bond acceptors (Lipinski definition) is 4. The second-order valence-corrected chi connectivity index (χ2v) is 7.10. The lowest BCUT2D eigenvalue weighted by Crippen LogP contribution is -2.12. The van der Waals surface area contributed by atoms with E-state index < -0.39 is 0 Å². The first-order valence-electron chi connectivity index (χ1n) is 7.50. The van der Waals surface area contributed by atoms with Crippen molar-refractivity contribution in [1.29, 1.82) is 0 Å². The third kappa shape index (κ3) is 5.01. The van der Waals surface area contributed by atoms with Gasteiger partial charge in [0.25, 0.3) is 5.91 Å². The van der Waals surface area contributed by atoms with Crippen LogP contribution in [0.5, 0.6) is 5.75 Å². The lowest BCUT2D eigenvalue weighted by molar-refractivity contribution is -0.133. The minimum atomic E-state index is -0.335. The molecule has 0 aliphatic carbocycles. The van der Waals surface area contributed by atoms with Crippen LogP contribution in [0.3, 0.4) is 0 Å². The van der Waals surface area contributed by atoms with Crippen LogP contribution in [0.15, 0.2) is 70.5 Å². The smallest absolute Gasteiger partial charge is 0.315 e. The number of rotatable bonds is 5. The van der Waals surface area contributed by atoms with Crippen LogP contribution in [0, 0.1) is 0 Å². The second kappa shape index (κ2) is 8.09. The minimum Gasteiger partial charge on any atom is -0.426 e. The third-order valence-corrected chi connectivity index (χ3v) is 4.75. The molecule has 4 nitrogen and oxygen atoms in total. The van der Waals surface area contributed by atoms with Crippen molar-refractivity contribution in [2.45, 2.75) is 6.42 Å². The molecule has 0 unspecified atom stereocenters. The van der Waals surface area contributed by atoms with E-state index in [0.717, 1.165) is 10.0 Å². The lowest BCUT2D eigenvalue weighted by Gasteiger charge is -2.07. The number of carbonyl (C=O) groups excluding carboxylic acids is 2. The average molecular weight is 416 g/mol. The van der Waals surface area contributed by atoms with Crippen LogP contribution in [-0.4, -0.2) is 11.9 Å². The molecule has 0 bridgehead atoms. The molecule has 3 aromatic rings. The van der Waals surface area contributed by atoms with Crippen molar-refractivity contribution < 1.29 is 14.3 Å². The first-order chi connectivity index (χ1) is 12.1. The molecule has 0 spiro atoms. The Hall–Kier alpha value is -2.44. The maximum absolute atomic E-state index is 12.0. The van der Waals surface area contributed by atoms with Crippen LogP contribution in [0.2, 0.25) is 0 Å². The van der Waals surface area contributed by atoms with Gasteiger partial charge in [-0.25, -0.2) is 0 Å². The zero-order chi connectivity index (χ0) is 17.6. The fourth-order valence-corrected chi connectivity index (χ4v) is 3.03. The van der Waals surface area contributed by atoms with Gasteiger partial charge in [0.05, 0.1) is 11.3 Å². The zero-order valence-corrected chi connectivity index (χ0v) is 15.5. The van der Waals surface area contributed by atoms with Crippen molar-refractivity contribution in [3.8, 4) is 5.75 Å². The molecule has 0 saturated carbocycles. The van der Waals surface area contributed by atoms with Gasteiger partial charge in [-0.2, -0.15) is 0 Å². The molecule has 0 fully saturated rings. The second-order valence-electron chi connectivity index (χ2n) is 5.23. The first kappa shape index (κ1) is 17.4. The van der Waals surface area contributed by atoms with Gasteiger partial charge in [-0.3, -0.25) is 9.59 Å². The van der Waals surface area contributed by atoms with Gasteiger partial charge in [0, 0.05) is 10.2 Å². The molecule has 0 atom stereocenters. The van der Waals surface area contributed by atoms with Gasteiger partial charge in [-0.15, -0.1) is 11.3 Å². The van der Waals surface area contributed by atoms with E-state index in [9.17, 15) is 9.59 Å². The van der Waals surface area contributed by atoms with Crippen LogP contribution >= 0.6 is 27.3 Å². The standard InChI is InChI=1S/C19H14BrNO3S/c20-14-5-3-13(4-6-14)12-18(22)24-16-9-7-15(8-10-16)21-19(23)17-2-1-11-25-17/h1-11H,12H2,(H,21,23). The molecular formula is C19H14BrNO3S. The average Bonchev–Trinajstić information content (AvgIpc) is 3.13. The summed E-state index contributed by atoms with van der Waals surface area (Å²) in [5.41, 5.74) is 1.53. The Bertz CT molecular complexity index is 859. The molecule has 126 valence electrons. The lowest BCUT2D eigenvalue weighted by atomic mass is 10.1. The summed E-state index contributed by atoms with van der Waals surface area (Å²) < 4.78 is 6.28. The fraction of sp³-hybridized carbons (Fsp3) is 0.0526. The van der Waals surface area contributed by atoms with Crippen molar-refractivity contribution in [1.82, 2.24) is 0 Å². The summed E-state index contributed by atoms with van der Waals surface area (Å²) in [7, 11) is 0. The summed E-state index contributed by atoms with van der Waals surface area (Å²) in [6.45, 7) is 0. The van der Waals surface area contributed by atoms with Gasteiger partial charge >= 0.3 is 5.97 Å². The SMILES string of the molecule is O=C(Cc1ccc(Br)cc1)Oc1ccc(NC(=O)c2cccs2)cc1. The summed E-state index contributed by atoms with van der Waals surface area (Å²) in [6, 6.07) is 17.8. The van der Waals surface area contributed by atoms with E-state index in [1.807, 2.05) is 35.7 Å². The number of esters is 1. The summed E-state index contributed by atoms with van der Waals surface area (Å²) in [5.74, 6) is -0.0519. The molecule has 3 rings (SSSR count). The number of anilines is 1. The number of thiophene rings is 1. The summed E-state index contributed by atoms with van der Waals surface area (Å²) in [6.07, 6.45) is 0.199. The Kier molecular flexibility index (Phi) is 5.63. The topological polar surface area (TPSA) is 55.4 Å². The van der Waals surface area contributed by atoms with E-state index in [-0.39, 0.29) is 18.3 Å². The molecule has 1 aromatic heterocycles. The van der Waals surface area contributed by atoms with Crippen LogP contribution in [-0.2, 0) is 11.2 Å². The van der Waals surface area contributed by atoms with Crippen molar-refractivity contribution in [2.24, 2.45) is 0 Å². The number of amides is 1. The molecule has 1 N–H and O–H groups in total.